The number of amides is 1. The molecule has 0 aliphatic carbocycles. The molecule has 0 spiro atoms. The van der Waals surface area contributed by atoms with E-state index in [0.717, 1.165) is 27.9 Å². The van der Waals surface area contributed by atoms with Crippen LogP contribution in [0.1, 0.15) is 28.2 Å². The molecule has 1 amide bonds. The fourth-order valence-electron chi connectivity index (χ4n) is 3.66. The van der Waals surface area contributed by atoms with Crippen LogP contribution >= 0.6 is 0 Å². The van der Waals surface area contributed by atoms with Crippen LogP contribution in [0.5, 0.6) is 0 Å². The Morgan fingerprint density at radius 2 is 1.71 bits per heavy atom. The van der Waals surface area contributed by atoms with Crippen molar-refractivity contribution in [2.75, 3.05) is 5.32 Å². The van der Waals surface area contributed by atoms with Crippen LogP contribution in [0.25, 0.3) is 0 Å². The van der Waals surface area contributed by atoms with Gasteiger partial charge in [0.25, 0.3) is 0 Å². The Morgan fingerprint density at radius 1 is 1.00 bits per heavy atom. The van der Waals surface area contributed by atoms with Crippen molar-refractivity contribution in [3.05, 3.63) is 101 Å². The van der Waals surface area contributed by atoms with Crippen molar-refractivity contribution in [2.24, 2.45) is 0 Å². The Labute approximate surface area is 163 Å². The third kappa shape index (κ3) is 3.62. The average molecular weight is 376 g/mol. The van der Waals surface area contributed by atoms with Crippen LogP contribution in [0, 0.1) is 5.82 Å². The van der Waals surface area contributed by atoms with Gasteiger partial charge in [0.1, 0.15) is 11.9 Å². The smallest absolute Gasteiger partial charge is 0.243 e. The zero-order valence-corrected chi connectivity index (χ0v) is 15.2. The number of aliphatic hydroxyl groups excluding tert-OH is 1. The summed E-state index contributed by atoms with van der Waals surface area (Å²) in [5.41, 5.74) is 4.31. The van der Waals surface area contributed by atoms with Crippen molar-refractivity contribution in [3.8, 4) is 0 Å². The monoisotopic (exact) mass is 376 g/mol. The van der Waals surface area contributed by atoms with Gasteiger partial charge in [0.05, 0.1) is 6.61 Å². The number of rotatable bonds is 5. The Hall–Kier alpha value is -3.18. The van der Waals surface area contributed by atoms with Crippen LogP contribution in [-0.2, 0) is 17.9 Å². The largest absolute Gasteiger partial charge is 0.392 e. The SMILES string of the molecule is O=C(NCc1ccc(CO)cc1)C1Nc2ccc(F)cc2C1c1ccccc1. The van der Waals surface area contributed by atoms with E-state index in [-0.39, 0.29) is 24.2 Å². The molecule has 28 heavy (non-hydrogen) atoms. The number of carbonyl (C=O) groups excluding carboxylic acids is 1. The maximum absolute atomic E-state index is 13.9. The Kier molecular flexibility index (Phi) is 5.08. The standard InChI is InChI=1S/C23H21FN2O2/c24-18-10-11-20-19(12-18)21(17-4-2-1-3-5-17)22(26-20)23(28)25-13-15-6-8-16(14-27)9-7-15/h1-12,21-22,26-27H,13-14H2,(H,25,28). The second-order valence-electron chi connectivity index (χ2n) is 6.93. The van der Waals surface area contributed by atoms with E-state index in [0.29, 0.717) is 6.54 Å². The first-order valence-electron chi connectivity index (χ1n) is 9.23. The van der Waals surface area contributed by atoms with Crippen LogP contribution < -0.4 is 10.6 Å². The summed E-state index contributed by atoms with van der Waals surface area (Å²) in [7, 11) is 0. The lowest BCUT2D eigenvalue weighted by atomic mass is 9.87. The number of hydrogen-bond donors (Lipinski definition) is 3. The van der Waals surface area contributed by atoms with Crippen molar-refractivity contribution >= 4 is 11.6 Å². The van der Waals surface area contributed by atoms with Gasteiger partial charge in [0.2, 0.25) is 5.91 Å². The van der Waals surface area contributed by atoms with Crippen LogP contribution in [0.3, 0.4) is 0 Å². The summed E-state index contributed by atoms with van der Waals surface area (Å²) in [6, 6.07) is 21.2. The molecule has 0 saturated heterocycles. The number of aliphatic hydroxyl groups is 1. The first-order chi connectivity index (χ1) is 13.7. The summed E-state index contributed by atoms with van der Waals surface area (Å²) in [5.74, 6) is -0.716. The average Bonchev–Trinajstić information content (AvgIpc) is 3.11. The van der Waals surface area contributed by atoms with Gasteiger partial charge in [-0.05, 0) is 40.5 Å². The summed E-state index contributed by atoms with van der Waals surface area (Å²) in [6.07, 6.45) is 0. The summed E-state index contributed by atoms with van der Waals surface area (Å²) < 4.78 is 13.9. The van der Waals surface area contributed by atoms with Crippen LogP contribution in [0.2, 0.25) is 0 Å². The van der Waals surface area contributed by atoms with E-state index in [1.54, 1.807) is 6.07 Å². The second kappa shape index (κ2) is 7.82. The molecule has 0 bridgehead atoms. The number of halogens is 1. The van der Waals surface area contributed by atoms with Gasteiger partial charge in [-0.25, -0.2) is 4.39 Å². The molecular weight excluding hydrogens is 355 g/mol. The first kappa shape index (κ1) is 18.2. The topological polar surface area (TPSA) is 61.4 Å². The summed E-state index contributed by atoms with van der Waals surface area (Å²) in [4.78, 5) is 13.0. The van der Waals surface area contributed by atoms with Crippen LogP contribution in [-0.4, -0.2) is 17.1 Å². The van der Waals surface area contributed by atoms with E-state index in [4.69, 9.17) is 5.11 Å². The quantitative estimate of drug-likeness (QED) is 0.638. The Bertz CT molecular complexity index is 974. The lowest BCUT2D eigenvalue weighted by Crippen LogP contribution is -2.40. The number of benzene rings is 3. The minimum absolute atomic E-state index is 0.00773. The van der Waals surface area contributed by atoms with E-state index in [1.807, 2.05) is 54.6 Å². The molecule has 3 N–H and O–H groups in total. The van der Waals surface area contributed by atoms with E-state index in [2.05, 4.69) is 10.6 Å². The first-order valence-corrected chi connectivity index (χ1v) is 9.23. The molecular formula is C23H21FN2O2. The fraction of sp³-hybridized carbons (Fsp3) is 0.174. The normalized spacial score (nSPS) is 17.6. The van der Waals surface area contributed by atoms with Gasteiger partial charge >= 0.3 is 0 Å². The summed E-state index contributed by atoms with van der Waals surface area (Å²) in [6.45, 7) is 0.376. The molecule has 1 heterocycles. The molecule has 5 heteroatoms. The van der Waals surface area contributed by atoms with Gasteiger partial charge < -0.3 is 15.7 Å². The van der Waals surface area contributed by atoms with Crippen LogP contribution in [0.4, 0.5) is 10.1 Å². The number of carbonyl (C=O) groups is 1. The molecule has 3 aromatic carbocycles. The number of hydrogen-bond acceptors (Lipinski definition) is 3. The molecule has 1 aliphatic rings. The minimum atomic E-state index is -0.518. The molecule has 142 valence electrons. The van der Waals surface area contributed by atoms with Gasteiger partial charge in [-0.2, -0.15) is 0 Å². The molecule has 3 aromatic rings. The predicted octanol–water partition coefficient (Wildman–Crippen LogP) is 3.56. The summed E-state index contributed by atoms with van der Waals surface area (Å²) in [5, 5.41) is 15.4. The van der Waals surface area contributed by atoms with Crippen molar-refractivity contribution in [3.63, 3.8) is 0 Å². The van der Waals surface area contributed by atoms with E-state index < -0.39 is 6.04 Å². The predicted molar refractivity (Wildman–Crippen MR) is 106 cm³/mol. The fourth-order valence-corrected chi connectivity index (χ4v) is 3.66. The Balaban J connectivity index is 1.56. The maximum Gasteiger partial charge on any atom is 0.243 e. The highest BCUT2D eigenvalue weighted by Gasteiger charge is 2.38. The molecule has 0 fully saturated rings. The molecule has 0 aromatic heterocycles. The lowest BCUT2D eigenvalue weighted by molar-refractivity contribution is -0.122. The van der Waals surface area contributed by atoms with Gasteiger partial charge in [0.15, 0.2) is 0 Å². The maximum atomic E-state index is 13.9. The molecule has 4 rings (SSSR count). The zero-order valence-electron chi connectivity index (χ0n) is 15.2. The second-order valence-corrected chi connectivity index (χ2v) is 6.93. The van der Waals surface area contributed by atoms with E-state index >= 15 is 0 Å². The molecule has 2 unspecified atom stereocenters. The van der Waals surface area contributed by atoms with Gasteiger partial charge in [-0.3, -0.25) is 4.79 Å². The summed E-state index contributed by atoms with van der Waals surface area (Å²) >= 11 is 0. The molecule has 4 nitrogen and oxygen atoms in total. The molecule has 0 saturated carbocycles. The highest BCUT2D eigenvalue weighted by molar-refractivity contribution is 5.89. The third-order valence-electron chi connectivity index (χ3n) is 5.11. The Morgan fingerprint density at radius 3 is 2.43 bits per heavy atom. The van der Waals surface area contributed by atoms with E-state index in [1.165, 1.54) is 12.1 Å². The molecule has 1 aliphatic heterocycles. The zero-order chi connectivity index (χ0) is 19.5. The van der Waals surface area contributed by atoms with Crippen molar-refractivity contribution in [1.29, 1.82) is 0 Å². The molecule has 0 radical (unpaired) electrons. The van der Waals surface area contributed by atoms with E-state index in [9.17, 15) is 9.18 Å². The van der Waals surface area contributed by atoms with Gasteiger partial charge in [0, 0.05) is 18.2 Å². The lowest BCUT2D eigenvalue weighted by Gasteiger charge is -2.20. The van der Waals surface area contributed by atoms with Gasteiger partial charge in [-0.1, -0.05) is 54.6 Å². The highest BCUT2D eigenvalue weighted by Crippen LogP contribution is 2.40. The van der Waals surface area contributed by atoms with Gasteiger partial charge in [-0.15, -0.1) is 0 Å². The van der Waals surface area contributed by atoms with Crippen molar-refractivity contribution < 1.29 is 14.3 Å². The minimum Gasteiger partial charge on any atom is -0.392 e. The molecule has 2 atom stereocenters. The number of fused-ring (bicyclic) bond motifs is 1. The third-order valence-corrected chi connectivity index (χ3v) is 5.11. The van der Waals surface area contributed by atoms with Crippen LogP contribution in [0.15, 0.2) is 72.8 Å². The number of nitrogens with one attached hydrogen (secondary N) is 2. The van der Waals surface area contributed by atoms with Crippen molar-refractivity contribution in [1.82, 2.24) is 5.32 Å². The van der Waals surface area contributed by atoms with Crippen molar-refractivity contribution in [2.45, 2.75) is 25.1 Å². The highest BCUT2D eigenvalue weighted by atomic mass is 19.1. The number of anilines is 1.